The molecule has 102 valence electrons. The van der Waals surface area contributed by atoms with Gasteiger partial charge in [-0.2, -0.15) is 0 Å². The number of allylic oxidation sites excluding steroid dienone is 1. The molecule has 0 radical (unpaired) electrons. The first kappa shape index (κ1) is 13.9. The first-order valence-corrected chi connectivity index (χ1v) is 7.40. The van der Waals surface area contributed by atoms with Crippen LogP contribution in [-0.2, 0) is 4.74 Å². The molecule has 0 amide bonds. The fraction of sp³-hybridized carbons (Fsp3) is 0.765. The van der Waals surface area contributed by atoms with E-state index in [4.69, 9.17) is 4.74 Å². The molecule has 0 aliphatic heterocycles. The number of ether oxygens (including phenoxy) is 1. The number of hydrogen-bond acceptors (Lipinski definition) is 1. The van der Waals surface area contributed by atoms with Crippen LogP contribution in [0.3, 0.4) is 0 Å². The summed E-state index contributed by atoms with van der Waals surface area (Å²) < 4.78 is 5.84. The molecule has 3 unspecified atom stereocenters. The van der Waals surface area contributed by atoms with E-state index in [0.29, 0.717) is 5.41 Å². The summed E-state index contributed by atoms with van der Waals surface area (Å²) in [6, 6.07) is 0. The van der Waals surface area contributed by atoms with Crippen LogP contribution in [0, 0.1) is 17.3 Å². The van der Waals surface area contributed by atoms with E-state index in [1.165, 1.54) is 30.4 Å². The van der Waals surface area contributed by atoms with Crippen LogP contribution in [0.1, 0.15) is 53.4 Å². The maximum Gasteiger partial charge on any atom is 0.0795 e. The molecule has 2 rings (SSSR count). The summed E-state index contributed by atoms with van der Waals surface area (Å²) >= 11 is 0. The van der Waals surface area contributed by atoms with Gasteiger partial charge in [-0.25, -0.2) is 0 Å². The van der Waals surface area contributed by atoms with E-state index in [9.17, 15) is 0 Å². The Morgan fingerprint density at radius 1 is 1.44 bits per heavy atom. The fourth-order valence-corrected chi connectivity index (χ4v) is 3.84. The first-order valence-electron chi connectivity index (χ1n) is 7.40. The van der Waals surface area contributed by atoms with Crippen molar-refractivity contribution < 1.29 is 4.74 Å². The van der Waals surface area contributed by atoms with Gasteiger partial charge in [0.05, 0.1) is 6.10 Å². The van der Waals surface area contributed by atoms with Crippen molar-refractivity contribution in [1.29, 1.82) is 0 Å². The van der Waals surface area contributed by atoms with Crippen LogP contribution >= 0.6 is 0 Å². The lowest BCUT2D eigenvalue weighted by atomic mass is 9.52. The summed E-state index contributed by atoms with van der Waals surface area (Å²) in [6.45, 7) is 14.3. The van der Waals surface area contributed by atoms with Gasteiger partial charge in [0.1, 0.15) is 0 Å². The largest absolute Gasteiger partial charge is 0.374 e. The van der Waals surface area contributed by atoms with Gasteiger partial charge in [-0.15, -0.1) is 0 Å². The Morgan fingerprint density at radius 2 is 2.17 bits per heavy atom. The SMILES string of the molecule is C=C1CC(OCC)/C=C(/C)CCC2C1CC2(C)C. The molecule has 0 aromatic rings. The molecule has 1 nitrogen and oxygen atoms in total. The molecule has 0 heterocycles. The molecule has 0 N–H and O–H groups in total. The first-order chi connectivity index (χ1) is 8.44. The van der Waals surface area contributed by atoms with Crippen LogP contribution in [0.5, 0.6) is 0 Å². The van der Waals surface area contributed by atoms with E-state index in [0.717, 1.165) is 24.9 Å². The molecule has 1 saturated carbocycles. The molecule has 3 atom stereocenters. The van der Waals surface area contributed by atoms with Crippen LogP contribution in [0.2, 0.25) is 0 Å². The highest BCUT2D eigenvalue weighted by Crippen LogP contribution is 2.56. The van der Waals surface area contributed by atoms with Crippen molar-refractivity contribution in [2.24, 2.45) is 17.3 Å². The smallest absolute Gasteiger partial charge is 0.0795 e. The Labute approximate surface area is 112 Å². The highest BCUT2D eigenvalue weighted by Gasteiger charge is 2.47. The second-order valence-electron chi connectivity index (χ2n) is 6.81. The van der Waals surface area contributed by atoms with E-state index in [2.05, 4.69) is 40.3 Å². The number of rotatable bonds is 2. The van der Waals surface area contributed by atoms with Gasteiger partial charge in [-0.3, -0.25) is 0 Å². The zero-order valence-corrected chi connectivity index (χ0v) is 12.5. The van der Waals surface area contributed by atoms with E-state index in [1.54, 1.807) is 0 Å². The summed E-state index contributed by atoms with van der Waals surface area (Å²) in [6.07, 6.45) is 7.45. The van der Waals surface area contributed by atoms with Gasteiger partial charge in [-0.1, -0.05) is 37.6 Å². The van der Waals surface area contributed by atoms with E-state index in [1.807, 2.05) is 0 Å². The molecular formula is C17H28O. The molecular weight excluding hydrogens is 220 g/mol. The lowest BCUT2D eigenvalue weighted by molar-refractivity contribution is 0.000157. The topological polar surface area (TPSA) is 9.23 Å². The predicted octanol–water partition coefficient (Wildman–Crippen LogP) is 4.74. The second kappa shape index (κ2) is 5.21. The lowest BCUT2D eigenvalue weighted by Crippen LogP contribution is -2.44. The monoisotopic (exact) mass is 248 g/mol. The summed E-state index contributed by atoms with van der Waals surface area (Å²) in [4.78, 5) is 0. The highest BCUT2D eigenvalue weighted by molar-refractivity contribution is 5.18. The Hall–Kier alpha value is -0.560. The van der Waals surface area contributed by atoms with Gasteiger partial charge < -0.3 is 4.74 Å². The van der Waals surface area contributed by atoms with Gasteiger partial charge in [0.25, 0.3) is 0 Å². The van der Waals surface area contributed by atoms with Crippen molar-refractivity contribution in [3.63, 3.8) is 0 Å². The average Bonchev–Trinajstić information content (AvgIpc) is 2.29. The maximum atomic E-state index is 5.84. The number of hydrogen-bond donors (Lipinski definition) is 0. The zero-order chi connectivity index (χ0) is 13.3. The molecule has 0 saturated heterocycles. The van der Waals surface area contributed by atoms with Crippen molar-refractivity contribution in [1.82, 2.24) is 0 Å². The minimum Gasteiger partial charge on any atom is -0.374 e. The molecule has 0 aromatic carbocycles. The quantitative estimate of drug-likeness (QED) is 0.641. The van der Waals surface area contributed by atoms with E-state index >= 15 is 0 Å². The Morgan fingerprint density at radius 3 is 2.78 bits per heavy atom. The van der Waals surface area contributed by atoms with Gasteiger partial charge in [0.2, 0.25) is 0 Å². The minimum atomic E-state index is 0.255. The van der Waals surface area contributed by atoms with E-state index in [-0.39, 0.29) is 6.10 Å². The van der Waals surface area contributed by atoms with Crippen LogP contribution in [0.25, 0.3) is 0 Å². The van der Waals surface area contributed by atoms with Crippen molar-refractivity contribution in [3.05, 3.63) is 23.8 Å². The number of fused-ring (bicyclic) bond motifs is 1. The Bertz CT molecular complexity index is 351. The molecule has 2 aliphatic rings. The average molecular weight is 248 g/mol. The van der Waals surface area contributed by atoms with Crippen molar-refractivity contribution in [2.45, 2.75) is 59.5 Å². The van der Waals surface area contributed by atoms with Gasteiger partial charge in [0.15, 0.2) is 0 Å². The third-order valence-electron chi connectivity index (χ3n) is 4.92. The Balaban J connectivity index is 2.13. The zero-order valence-electron chi connectivity index (χ0n) is 12.5. The molecule has 18 heavy (non-hydrogen) atoms. The van der Waals surface area contributed by atoms with Crippen LogP contribution in [-0.4, -0.2) is 12.7 Å². The van der Waals surface area contributed by atoms with Crippen molar-refractivity contribution >= 4 is 0 Å². The highest BCUT2D eigenvalue weighted by atomic mass is 16.5. The third kappa shape index (κ3) is 2.71. The van der Waals surface area contributed by atoms with E-state index < -0.39 is 0 Å². The molecule has 0 bridgehead atoms. The summed E-state index contributed by atoms with van der Waals surface area (Å²) in [7, 11) is 0. The summed E-state index contributed by atoms with van der Waals surface area (Å²) in [5, 5.41) is 0. The van der Waals surface area contributed by atoms with Gasteiger partial charge in [-0.05, 0) is 56.8 Å². The molecule has 1 heteroatoms. The van der Waals surface area contributed by atoms with Gasteiger partial charge in [0, 0.05) is 6.61 Å². The fourth-order valence-electron chi connectivity index (χ4n) is 3.84. The molecule has 2 aliphatic carbocycles. The van der Waals surface area contributed by atoms with Crippen LogP contribution in [0.4, 0.5) is 0 Å². The van der Waals surface area contributed by atoms with Crippen molar-refractivity contribution in [3.8, 4) is 0 Å². The third-order valence-corrected chi connectivity index (χ3v) is 4.92. The molecule has 0 spiro atoms. The minimum absolute atomic E-state index is 0.255. The lowest BCUT2D eigenvalue weighted by Gasteiger charge is -2.53. The summed E-state index contributed by atoms with van der Waals surface area (Å²) in [5.41, 5.74) is 3.42. The molecule has 1 fully saturated rings. The predicted molar refractivity (Wildman–Crippen MR) is 77.5 cm³/mol. The van der Waals surface area contributed by atoms with Crippen molar-refractivity contribution in [2.75, 3.05) is 6.61 Å². The van der Waals surface area contributed by atoms with Gasteiger partial charge >= 0.3 is 0 Å². The standard InChI is InChI=1S/C17H28O/c1-6-18-14-9-12(2)7-8-16-15(13(3)10-14)11-17(16,4)5/h9,14-16H,3,6-8,10-11H2,1-2,4-5H3/b12-9-. The van der Waals surface area contributed by atoms with Crippen LogP contribution in [0.15, 0.2) is 23.8 Å². The second-order valence-corrected chi connectivity index (χ2v) is 6.81. The molecule has 0 aromatic heterocycles. The Kier molecular flexibility index (Phi) is 4.01. The summed E-state index contributed by atoms with van der Waals surface area (Å²) in [5.74, 6) is 1.57. The normalized spacial score (nSPS) is 38.6. The van der Waals surface area contributed by atoms with Crippen LogP contribution < -0.4 is 0 Å². The maximum absolute atomic E-state index is 5.84.